The van der Waals surface area contributed by atoms with Crippen LogP contribution in [0.5, 0.6) is 0 Å². The fourth-order valence-corrected chi connectivity index (χ4v) is 3.79. The number of anilines is 1. The molecular weight excluding hydrogens is 444 g/mol. The number of nitrogens with one attached hydrogen (secondary N) is 1. The molecule has 0 saturated carbocycles. The Balaban J connectivity index is 1.59. The van der Waals surface area contributed by atoms with Crippen molar-refractivity contribution >= 4 is 23.1 Å². The summed E-state index contributed by atoms with van der Waals surface area (Å²) in [5.41, 5.74) is 9.94. The topological polar surface area (TPSA) is 183 Å². The molecule has 1 amide bonds. The van der Waals surface area contributed by atoms with Gasteiger partial charge < -0.3 is 5.73 Å². The fourth-order valence-electron chi connectivity index (χ4n) is 3.79. The van der Waals surface area contributed by atoms with Crippen molar-refractivity contribution in [3.63, 3.8) is 0 Å². The maximum absolute atomic E-state index is 13.0. The van der Waals surface area contributed by atoms with E-state index in [0.717, 1.165) is 25.8 Å². The molecule has 0 aliphatic carbocycles. The number of aromatic nitrogens is 5. The minimum Gasteiger partial charge on any atom is -0.378 e. The number of nitrogens with zero attached hydrogens (tertiary/aromatic N) is 8. The number of non-ortho nitro benzene ring substituents is 1. The van der Waals surface area contributed by atoms with Crippen molar-refractivity contribution in [2.45, 2.75) is 45.7 Å². The second-order valence-corrected chi connectivity index (χ2v) is 8.03. The van der Waals surface area contributed by atoms with E-state index in [1.54, 1.807) is 19.1 Å². The first kappa shape index (κ1) is 23.0. The van der Waals surface area contributed by atoms with E-state index in [1.807, 2.05) is 0 Å². The number of nitrogen functional groups attached to an aromatic ring is 1. The molecule has 3 N–H and O–H groups in total. The Morgan fingerprint density at radius 3 is 2.74 bits per heavy atom. The quantitative estimate of drug-likeness (QED) is 0.294. The van der Waals surface area contributed by atoms with Crippen LogP contribution in [-0.4, -0.2) is 59.3 Å². The number of piperidine rings is 1. The van der Waals surface area contributed by atoms with Gasteiger partial charge in [-0.25, -0.2) is 10.1 Å². The summed E-state index contributed by atoms with van der Waals surface area (Å²) < 4.78 is 6.05. The van der Waals surface area contributed by atoms with E-state index < -0.39 is 10.8 Å². The smallest absolute Gasteiger partial charge is 0.293 e. The molecule has 3 aromatic rings. The first-order chi connectivity index (χ1) is 16.3. The standard InChI is InChI=1S/C20H24N10O4/c1-12-5-3-4-10-28(12)11-16-17(23-27-29(16)19-18(21)25-34-26-19)20(31)24-22-13(2)14-6-8-15(9-7-14)30(32)33/h6-9,12H,3-5,10-11H2,1-2H3,(H2,21,25)(H,24,31)/b22-13-. The van der Waals surface area contributed by atoms with Gasteiger partial charge in [0.25, 0.3) is 11.6 Å². The van der Waals surface area contributed by atoms with Crippen LogP contribution in [-0.2, 0) is 6.54 Å². The summed E-state index contributed by atoms with van der Waals surface area (Å²) >= 11 is 0. The highest BCUT2D eigenvalue weighted by Crippen LogP contribution is 2.23. The number of nitro benzene ring substituents is 1. The van der Waals surface area contributed by atoms with Gasteiger partial charge >= 0.3 is 0 Å². The zero-order valence-electron chi connectivity index (χ0n) is 18.7. The van der Waals surface area contributed by atoms with Gasteiger partial charge in [-0.15, -0.1) is 5.10 Å². The van der Waals surface area contributed by atoms with Crippen molar-refractivity contribution in [1.82, 2.24) is 35.6 Å². The summed E-state index contributed by atoms with van der Waals surface area (Å²) in [4.78, 5) is 25.6. The number of carbonyl (C=O) groups excluding carboxylic acids is 1. The van der Waals surface area contributed by atoms with Gasteiger partial charge in [-0.3, -0.25) is 19.8 Å². The number of benzene rings is 1. The van der Waals surface area contributed by atoms with Crippen LogP contribution in [0.25, 0.3) is 5.82 Å². The van der Waals surface area contributed by atoms with Crippen molar-refractivity contribution in [3.05, 3.63) is 51.3 Å². The maximum atomic E-state index is 13.0. The SMILES string of the molecule is C/C(=N/NC(=O)c1nnn(-c2nonc2N)c1CN1CCCCC1C)c1ccc([N+](=O)[O-])cc1. The van der Waals surface area contributed by atoms with Gasteiger partial charge in [0.15, 0.2) is 5.69 Å². The van der Waals surface area contributed by atoms with Gasteiger partial charge in [0.05, 0.1) is 16.3 Å². The predicted octanol–water partition coefficient (Wildman–Crippen LogP) is 1.67. The number of rotatable bonds is 7. The summed E-state index contributed by atoms with van der Waals surface area (Å²) in [7, 11) is 0. The summed E-state index contributed by atoms with van der Waals surface area (Å²) in [5.74, 6) is -0.393. The lowest BCUT2D eigenvalue weighted by Gasteiger charge is -2.33. The first-order valence-electron chi connectivity index (χ1n) is 10.7. The molecule has 34 heavy (non-hydrogen) atoms. The highest BCUT2D eigenvalue weighted by Gasteiger charge is 2.28. The normalized spacial score (nSPS) is 17.0. The number of nitro groups is 1. The summed E-state index contributed by atoms with van der Waals surface area (Å²) in [6.45, 7) is 5.08. The van der Waals surface area contributed by atoms with Gasteiger partial charge in [-0.1, -0.05) is 11.6 Å². The van der Waals surface area contributed by atoms with Crippen molar-refractivity contribution in [3.8, 4) is 5.82 Å². The molecule has 1 aliphatic heterocycles. The molecule has 0 spiro atoms. The number of carbonyl (C=O) groups is 1. The Morgan fingerprint density at radius 1 is 1.32 bits per heavy atom. The highest BCUT2D eigenvalue weighted by molar-refractivity contribution is 6.00. The molecule has 3 heterocycles. The lowest BCUT2D eigenvalue weighted by molar-refractivity contribution is -0.384. The van der Waals surface area contributed by atoms with Gasteiger partial charge in [-0.2, -0.15) is 9.78 Å². The fraction of sp³-hybridized carbons (Fsp3) is 0.400. The second kappa shape index (κ2) is 9.74. The Bertz CT molecular complexity index is 1220. The molecule has 1 aromatic carbocycles. The number of likely N-dealkylation sites (tertiary alicyclic amines) is 1. The molecular formula is C20H24N10O4. The predicted molar refractivity (Wildman–Crippen MR) is 120 cm³/mol. The van der Waals surface area contributed by atoms with Crippen molar-refractivity contribution in [2.75, 3.05) is 12.3 Å². The van der Waals surface area contributed by atoms with Crippen LogP contribution in [0.2, 0.25) is 0 Å². The van der Waals surface area contributed by atoms with Gasteiger partial charge in [0.1, 0.15) is 0 Å². The van der Waals surface area contributed by atoms with E-state index in [2.05, 4.69) is 43.0 Å². The van der Waals surface area contributed by atoms with Crippen LogP contribution in [0.3, 0.4) is 0 Å². The van der Waals surface area contributed by atoms with Crippen molar-refractivity contribution in [2.24, 2.45) is 5.10 Å². The van der Waals surface area contributed by atoms with E-state index in [0.29, 0.717) is 29.6 Å². The summed E-state index contributed by atoms with van der Waals surface area (Å²) in [5, 5.41) is 30.4. The van der Waals surface area contributed by atoms with Crippen LogP contribution >= 0.6 is 0 Å². The Hall–Kier alpha value is -4.20. The van der Waals surface area contributed by atoms with Gasteiger partial charge in [-0.05, 0) is 61.2 Å². The number of hydrazone groups is 1. The molecule has 1 fully saturated rings. The Kier molecular flexibility index (Phi) is 6.58. The molecule has 0 radical (unpaired) electrons. The molecule has 14 heteroatoms. The Morgan fingerprint density at radius 2 is 2.09 bits per heavy atom. The van der Waals surface area contributed by atoms with Gasteiger partial charge in [0, 0.05) is 24.7 Å². The lowest BCUT2D eigenvalue weighted by atomic mass is 10.0. The molecule has 1 unspecified atom stereocenters. The van der Waals surface area contributed by atoms with Crippen molar-refractivity contribution in [1.29, 1.82) is 0 Å². The van der Waals surface area contributed by atoms with Crippen LogP contribution in [0.4, 0.5) is 11.5 Å². The monoisotopic (exact) mass is 468 g/mol. The average Bonchev–Trinajstić information content (AvgIpc) is 3.44. The lowest BCUT2D eigenvalue weighted by Crippen LogP contribution is -2.38. The molecule has 2 aromatic heterocycles. The van der Waals surface area contributed by atoms with Crippen molar-refractivity contribution < 1.29 is 14.3 Å². The third-order valence-corrected chi connectivity index (χ3v) is 5.79. The molecule has 1 saturated heterocycles. The Labute approximate surface area is 193 Å². The number of nitrogens with two attached hydrogens (primary N) is 1. The largest absolute Gasteiger partial charge is 0.378 e. The van der Waals surface area contributed by atoms with E-state index >= 15 is 0 Å². The van der Waals surface area contributed by atoms with Crippen LogP contribution < -0.4 is 11.2 Å². The highest BCUT2D eigenvalue weighted by atomic mass is 16.6. The number of hydrogen-bond acceptors (Lipinski definition) is 11. The maximum Gasteiger partial charge on any atom is 0.293 e. The van der Waals surface area contributed by atoms with Gasteiger partial charge in [0.2, 0.25) is 11.6 Å². The van der Waals surface area contributed by atoms with Crippen LogP contribution in [0.15, 0.2) is 34.0 Å². The first-order valence-corrected chi connectivity index (χ1v) is 10.7. The minimum absolute atomic E-state index is 0.0248. The zero-order valence-corrected chi connectivity index (χ0v) is 18.7. The van der Waals surface area contributed by atoms with E-state index in [-0.39, 0.29) is 23.0 Å². The van der Waals surface area contributed by atoms with Crippen LogP contribution in [0, 0.1) is 10.1 Å². The third kappa shape index (κ3) is 4.76. The van der Waals surface area contributed by atoms with E-state index in [9.17, 15) is 14.9 Å². The number of hydrogen-bond donors (Lipinski definition) is 2. The molecule has 178 valence electrons. The molecule has 1 atom stereocenters. The molecule has 4 rings (SSSR count). The van der Waals surface area contributed by atoms with E-state index in [1.165, 1.54) is 16.8 Å². The zero-order chi connectivity index (χ0) is 24.2. The molecule has 14 nitrogen and oxygen atoms in total. The molecule has 1 aliphatic rings. The molecule has 0 bridgehead atoms. The van der Waals surface area contributed by atoms with Crippen LogP contribution in [0.1, 0.15) is 54.9 Å². The average molecular weight is 468 g/mol. The summed E-state index contributed by atoms with van der Waals surface area (Å²) in [6, 6.07) is 6.18. The minimum atomic E-state index is -0.567. The third-order valence-electron chi connectivity index (χ3n) is 5.79. The summed E-state index contributed by atoms with van der Waals surface area (Å²) in [6.07, 6.45) is 3.26. The van der Waals surface area contributed by atoms with E-state index in [4.69, 9.17) is 10.4 Å². The second-order valence-electron chi connectivity index (χ2n) is 8.03. The number of amides is 1.